The zero-order valence-corrected chi connectivity index (χ0v) is 10.5. The third-order valence-electron chi connectivity index (χ3n) is 3.30. The summed E-state index contributed by atoms with van der Waals surface area (Å²) < 4.78 is 0. The Balaban J connectivity index is 1.60. The van der Waals surface area contributed by atoms with Crippen molar-refractivity contribution in [2.75, 3.05) is 6.54 Å². The molecule has 0 bridgehead atoms. The van der Waals surface area contributed by atoms with Gasteiger partial charge in [0, 0.05) is 23.0 Å². The fourth-order valence-electron chi connectivity index (χ4n) is 2.28. The lowest BCUT2D eigenvalue weighted by molar-refractivity contribution is 0.711. The summed E-state index contributed by atoms with van der Waals surface area (Å²) >= 11 is 6.00. The highest BCUT2D eigenvalue weighted by Gasteiger charge is 2.39. The second kappa shape index (κ2) is 4.22. The van der Waals surface area contributed by atoms with Gasteiger partial charge in [-0.3, -0.25) is 4.99 Å². The fourth-order valence-corrected chi connectivity index (χ4v) is 2.47. The molecule has 3 nitrogen and oxygen atoms in total. The maximum atomic E-state index is 6.00. The van der Waals surface area contributed by atoms with Gasteiger partial charge in [-0.25, -0.2) is 0 Å². The molecule has 1 aromatic carbocycles. The van der Waals surface area contributed by atoms with E-state index in [-0.39, 0.29) is 0 Å². The highest BCUT2D eigenvalue weighted by molar-refractivity contribution is 6.30. The van der Waals surface area contributed by atoms with E-state index in [0.29, 0.717) is 18.0 Å². The van der Waals surface area contributed by atoms with E-state index in [1.165, 1.54) is 5.56 Å². The molecule has 3 atom stereocenters. The quantitative estimate of drug-likeness (QED) is 0.843. The molecule has 4 heteroatoms. The first-order valence-corrected chi connectivity index (χ1v) is 6.43. The highest BCUT2D eigenvalue weighted by atomic mass is 35.5. The SMILES string of the molecule is CC1CN=C(N[C@@H]2C[C@H]2c2cccc(Cl)c2)N1. The lowest BCUT2D eigenvalue weighted by Crippen LogP contribution is -2.39. The molecule has 17 heavy (non-hydrogen) atoms. The first kappa shape index (κ1) is 10.9. The number of benzene rings is 1. The normalized spacial score (nSPS) is 30.7. The predicted molar refractivity (Wildman–Crippen MR) is 70.6 cm³/mol. The summed E-state index contributed by atoms with van der Waals surface area (Å²) in [7, 11) is 0. The zero-order valence-electron chi connectivity index (χ0n) is 9.78. The molecule has 1 aromatic rings. The summed E-state index contributed by atoms with van der Waals surface area (Å²) in [6.07, 6.45) is 1.16. The molecular formula is C13H16ClN3. The van der Waals surface area contributed by atoms with Gasteiger partial charge in [-0.2, -0.15) is 0 Å². The molecular weight excluding hydrogens is 234 g/mol. The number of guanidine groups is 1. The second-order valence-corrected chi connectivity index (χ2v) is 5.32. The van der Waals surface area contributed by atoms with Crippen molar-refractivity contribution in [3.05, 3.63) is 34.9 Å². The molecule has 1 unspecified atom stereocenters. The van der Waals surface area contributed by atoms with E-state index >= 15 is 0 Å². The maximum Gasteiger partial charge on any atom is 0.191 e. The fraction of sp³-hybridized carbons (Fsp3) is 0.462. The monoisotopic (exact) mass is 249 g/mol. The van der Waals surface area contributed by atoms with Crippen molar-refractivity contribution >= 4 is 17.6 Å². The van der Waals surface area contributed by atoms with Crippen LogP contribution in [0.25, 0.3) is 0 Å². The van der Waals surface area contributed by atoms with Crippen LogP contribution in [-0.2, 0) is 0 Å². The van der Waals surface area contributed by atoms with Gasteiger partial charge in [-0.1, -0.05) is 23.7 Å². The highest BCUT2D eigenvalue weighted by Crippen LogP contribution is 2.41. The van der Waals surface area contributed by atoms with Crippen molar-refractivity contribution in [1.82, 2.24) is 10.6 Å². The van der Waals surface area contributed by atoms with E-state index in [2.05, 4.69) is 34.7 Å². The van der Waals surface area contributed by atoms with E-state index in [4.69, 9.17) is 11.6 Å². The van der Waals surface area contributed by atoms with Gasteiger partial charge in [0.25, 0.3) is 0 Å². The van der Waals surface area contributed by atoms with Crippen LogP contribution in [0.15, 0.2) is 29.3 Å². The number of hydrogen-bond acceptors (Lipinski definition) is 3. The molecule has 1 aliphatic heterocycles. The third-order valence-corrected chi connectivity index (χ3v) is 3.53. The summed E-state index contributed by atoms with van der Waals surface area (Å²) in [5.41, 5.74) is 1.32. The number of aliphatic imine (C=N–C) groups is 1. The topological polar surface area (TPSA) is 36.4 Å². The Hall–Kier alpha value is -1.22. The number of rotatable bonds is 2. The number of hydrogen-bond donors (Lipinski definition) is 2. The smallest absolute Gasteiger partial charge is 0.191 e. The molecule has 2 N–H and O–H groups in total. The van der Waals surface area contributed by atoms with Gasteiger partial charge in [0.2, 0.25) is 0 Å². The van der Waals surface area contributed by atoms with Crippen LogP contribution in [0, 0.1) is 0 Å². The summed E-state index contributed by atoms with van der Waals surface area (Å²) in [4.78, 5) is 4.41. The van der Waals surface area contributed by atoms with Crippen molar-refractivity contribution in [3.63, 3.8) is 0 Å². The Morgan fingerprint density at radius 3 is 3.06 bits per heavy atom. The number of halogens is 1. The van der Waals surface area contributed by atoms with Crippen molar-refractivity contribution in [1.29, 1.82) is 0 Å². The minimum absolute atomic E-state index is 0.459. The van der Waals surface area contributed by atoms with Crippen LogP contribution < -0.4 is 10.6 Å². The average Bonchev–Trinajstić information content (AvgIpc) is 2.94. The molecule has 0 saturated heterocycles. The van der Waals surface area contributed by atoms with Crippen molar-refractivity contribution in [2.24, 2.45) is 4.99 Å². The minimum Gasteiger partial charge on any atom is -0.353 e. The largest absolute Gasteiger partial charge is 0.353 e. The van der Waals surface area contributed by atoms with Crippen LogP contribution in [-0.4, -0.2) is 24.6 Å². The molecule has 0 radical (unpaired) electrons. The van der Waals surface area contributed by atoms with E-state index < -0.39 is 0 Å². The average molecular weight is 250 g/mol. The Morgan fingerprint density at radius 1 is 1.47 bits per heavy atom. The van der Waals surface area contributed by atoms with Gasteiger partial charge in [-0.05, 0) is 31.0 Å². The van der Waals surface area contributed by atoms with E-state index in [0.717, 1.165) is 23.9 Å². The molecule has 0 spiro atoms. The second-order valence-electron chi connectivity index (χ2n) is 4.88. The van der Waals surface area contributed by atoms with Gasteiger partial charge in [0.1, 0.15) is 0 Å². The van der Waals surface area contributed by atoms with Crippen LogP contribution in [0.1, 0.15) is 24.8 Å². The standard InChI is InChI=1S/C13H16ClN3/c1-8-7-15-13(16-8)17-12-6-11(12)9-3-2-4-10(14)5-9/h2-5,8,11-12H,6-7H2,1H3,(H2,15,16,17)/t8?,11-,12+/m0/s1. The Kier molecular flexibility index (Phi) is 2.71. The lowest BCUT2D eigenvalue weighted by Gasteiger charge is -2.08. The Morgan fingerprint density at radius 2 is 2.35 bits per heavy atom. The molecule has 3 rings (SSSR count). The van der Waals surface area contributed by atoms with Gasteiger partial charge in [0.05, 0.1) is 6.54 Å². The van der Waals surface area contributed by atoms with Crippen LogP contribution in [0.4, 0.5) is 0 Å². The third kappa shape index (κ3) is 2.39. The Bertz CT molecular complexity index is 458. The van der Waals surface area contributed by atoms with E-state index in [9.17, 15) is 0 Å². The van der Waals surface area contributed by atoms with Crippen LogP contribution in [0.5, 0.6) is 0 Å². The van der Waals surface area contributed by atoms with Crippen molar-refractivity contribution in [2.45, 2.75) is 31.3 Å². The summed E-state index contributed by atoms with van der Waals surface area (Å²) in [5.74, 6) is 1.53. The lowest BCUT2D eigenvalue weighted by atomic mass is 10.1. The molecule has 2 aliphatic rings. The van der Waals surface area contributed by atoms with Crippen LogP contribution in [0.2, 0.25) is 5.02 Å². The molecule has 1 heterocycles. The number of nitrogens with one attached hydrogen (secondary N) is 2. The van der Waals surface area contributed by atoms with E-state index in [1.807, 2.05) is 12.1 Å². The summed E-state index contributed by atoms with van der Waals surface area (Å²) in [5, 5.41) is 7.59. The zero-order chi connectivity index (χ0) is 11.8. The van der Waals surface area contributed by atoms with Gasteiger partial charge < -0.3 is 10.6 Å². The van der Waals surface area contributed by atoms with Gasteiger partial charge >= 0.3 is 0 Å². The van der Waals surface area contributed by atoms with Gasteiger partial charge in [-0.15, -0.1) is 0 Å². The van der Waals surface area contributed by atoms with Crippen LogP contribution >= 0.6 is 11.6 Å². The molecule has 0 amide bonds. The molecule has 1 fully saturated rings. The van der Waals surface area contributed by atoms with Crippen LogP contribution in [0.3, 0.4) is 0 Å². The molecule has 90 valence electrons. The van der Waals surface area contributed by atoms with Crippen molar-refractivity contribution < 1.29 is 0 Å². The number of nitrogens with zero attached hydrogens (tertiary/aromatic N) is 1. The van der Waals surface area contributed by atoms with E-state index in [1.54, 1.807) is 0 Å². The van der Waals surface area contributed by atoms with Crippen molar-refractivity contribution in [3.8, 4) is 0 Å². The first-order chi connectivity index (χ1) is 8.22. The molecule has 1 saturated carbocycles. The molecule has 0 aromatic heterocycles. The first-order valence-electron chi connectivity index (χ1n) is 6.05. The summed E-state index contributed by atoms with van der Waals surface area (Å²) in [6.45, 7) is 3.01. The molecule has 1 aliphatic carbocycles. The maximum absolute atomic E-state index is 6.00. The summed E-state index contributed by atoms with van der Waals surface area (Å²) in [6, 6.07) is 9.09. The van der Waals surface area contributed by atoms with Gasteiger partial charge in [0.15, 0.2) is 5.96 Å². The minimum atomic E-state index is 0.459. The predicted octanol–water partition coefficient (Wildman–Crippen LogP) is 2.13. The Labute approximate surface area is 106 Å².